The smallest absolute Gasteiger partial charge is 0.326 e. The minimum absolute atomic E-state index is 0.0397. The van der Waals surface area contributed by atoms with Crippen LogP contribution in [-0.4, -0.2) is 184 Å². The van der Waals surface area contributed by atoms with Gasteiger partial charge in [0, 0.05) is 39.3 Å². The third kappa shape index (κ3) is 15.4. The monoisotopic (exact) mass is 988 g/mol. The number of carbonyl (C=O) groups is 9. The van der Waals surface area contributed by atoms with E-state index in [0.717, 1.165) is 0 Å². The predicted molar refractivity (Wildman–Crippen MR) is 257 cm³/mol. The summed E-state index contributed by atoms with van der Waals surface area (Å²) in [6.07, 6.45) is 4.20. The number of aliphatic imine (C=N–C) groups is 2. The molecule has 0 bridgehead atoms. The molecule has 0 spiro atoms. The van der Waals surface area contributed by atoms with Crippen molar-refractivity contribution in [2.24, 2.45) is 50.5 Å². The van der Waals surface area contributed by atoms with Crippen molar-refractivity contribution in [3.8, 4) is 0 Å². The number of nitrogens with zero attached hydrogens (tertiary/aromatic N) is 6. The number of carbonyl (C=O) groups excluding carboxylic acids is 8. The molecule has 8 atom stereocenters. The van der Waals surface area contributed by atoms with E-state index in [1.165, 1.54) is 19.6 Å². The zero-order valence-corrected chi connectivity index (χ0v) is 41.1. The van der Waals surface area contributed by atoms with Crippen LogP contribution in [0, 0.1) is 11.8 Å². The number of hydrogen-bond donors (Lipinski definition) is 10. The Morgan fingerprint density at radius 1 is 0.571 bits per heavy atom. The van der Waals surface area contributed by atoms with Crippen molar-refractivity contribution in [1.82, 2.24) is 40.9 Å². The zero-order valence-electron chi connectivity index (χ0n) is 41.1. The average molecular weight is 988 g/mol. The summed E-state index contributed by atoms with van der Waals surface area (Å²) in [6, 6.07) is -8.33. The summed E-state index contributed by atoms with van der Waals surface area (Å²) in [5.74, 6) is -6.39. The predicted octanol–water partition coefficient (Wildman–Crippen LogP) is -3.26. The molecule has 25 heteroatoms. The quantitative estimate of drug-likeness (QED) is 0.0258. The van der Waals surface area contributed by atoms with Crippen LogP contribution in [0.15, 0.2) is 9.98 Å². The highest BCUT2D eigenvalue weighted by Crippen LogP contribution is 2.27. The van der Waals surface area contributed by atoms with Crippen LogP contribution in [0.5, 0.6) is 0 Å². The van der Waals surface area contributed by atoms with Crippen molar-refractivity contribution in [3.05, 3.63) is 0 Å². The lowest BCUT2D eigenvalue weighted by Gasteiger charge is -2.34. The van der Waals surface area contributed by atoms with Gasteiger partial charge in [0.1, 0.15) is 48.3 Å². The van der Waals surface area contributed by atoms with Gasteiger partial charge in [-0.15, -0.1) is 0 Å². The second kappa shape index (κ2) is 26.6. The Morgan fingerprint density at radius 2 is 0.986 bits per heavy atom. The molecule has 25 nitrogen and oxygen atoms in total. The first-order chi connectivity index (χ1) is 33.2. The molecule has 0 unspecified atom stereocenters. The summed E-state index contributed by atoms with van der Waals surface area (Å²) in [5, 5.41) is 20.7. The van der Waals surface area contributed by atoms with Crippen molar-refractivity contribution in [2.75, 3.05) is 45.8 Å². The number of rotatable bonds is 24. The standard InChI is InChI=1S/C45H77N15O10/c1-25(2)23-29(55-39(65)32-15-9-22-60(32)42(68)33-16-10-19-57(33)34(61)24-46)41(67)59-21-8-14-31(59)38(64)54-28(12-6-18-52-45(49)50)40(66)58-20-7-13-30(58)37(63)53-27(11-5-17-51-44(47)48)36(62)56-35(26(3)4)43(69)70/h25-33,35H,5-24,46H2,1-4H3,(H,53,63)(H,54,64)(H,55,65)(H,56,62)(H,69,70)(H4,47,48,51)(H4,49,50,52)/t27-,28-,29-,30-,31-,32-,33-,35-/m0/s1. The summed E-state index contributed by atoms with van der Waals surface area (Å²) in [7, 11) is 0. The molecule has 392 valence electrons. The van der Waals surface area contributed by atoms with E-state index in [1.54, 1.807) is 13.8 Å². The van der Waals surface area contributed by atoms with E-state index >= 15 is 0 Å². The molecule has 0 aliphatic carbocycles. The third-order valence-corrected chi connectivity index (χ3v) is 13.2. The van der Waals surface area contributed by atoms with Gasteiger partial charge in [0.25, 0.3) is 0 Å². The van der Waals surface area contributed by atoms with Gasteiger partial charge in [0.05, 0.1) is 6.54 Å². The number of aliphatic carboxylic acids is 1. The maximum atomic E-state index is 14.5. The lowest BCUT2D eigenvalue weighted by molar-refractivity contribution is -0.147. The van der Waals surface area contributed by atoms with E-state index < -0.39 is 95.7 Å². The first kappa shape index (κ1) is 56.3. The van der Waals surface area contributed by atoms with Crippen LogP contribution in [0.1, 0.15) is 111 Å². The van der Waals surface area contributed by atoms with E-state index in [2.05, 4.69) is 31.3 Å². The fourth-order valence-electron chi connectivity index (χ4n) is 9.74. The molecular formula is C45H77N15O10. The molecule has 4 saturated heterocycles. The molecule has 70 heavy (non-hydrogen) atoms. The summed E-state index contributed by atoms with van der Waals surface area (Å²) in [6.45, 7) is 8.12. The molecule has 4 heterocycles. The van der Waals surface area contributed by atoms with Gasteiger partial charge in [0.2, 0.25) is 47.3 Å². The highest BCUT2D eigenvalue weighted by Gasteiger charge is 2.45. The van der Waals surface area contributed by atoms with Gasteiger partial charge in [-0.2, -0.15) is 0 Å². The van der Waals surface area contributed by atoms with Gasteiger partial charge in [-0.3, -0.25) is 48.3 Å². The molecular weight excluding hydrogens is 911 g/mol. The first-order valence-corrected chi connectivity index (χ1v) is 24.6. The maximum absolute atomic E-state index is 14.5. The number of guanidine groups is 2. The molecule has 0 aromatic rings. The molecule has 0 aromatic carbocycles. The number of carboxylic acid groups (broad SMARTS) is 1. The molecule has 8 amide bonds. The second-order valence-electron chi connectivity index (χ2n) is 19.3. The largest absolute Gasteiger partial charge is 0.480 e. The summed E-state index contributed by atoms with van der Waals surface area (Å²) in [4.78, 5) is 137. The topological polar surface area (TPSA) is 390 Å². The molecule has 4 aliphatic rings. The van der Waals surface area contributed by atoms with E-state index in [0.29, 0.717) is 51.6 Å². The summed E-state index contributed by atoms with van der Waals surface area (Å²) >= 11 is 0. The SMILES string of the molecule is CC(C)C[C@H](NC(=O)[C@@H]1CCCN1C(=O)[C@@H]1CCCN1C(=O)CN)C(=O)N1CCC[C@H]1C(=O)N[C@@H](CCCN=C(N)N)C(=O)N1CCC[C@H]1C(=O)N[C@@H](CCCN=C(N)N)C(=O)N[C@H](C(=O)O)C(C)C. The van der Waals surface area contributed by atoms with Crippen LogP contribution in [0.2, 0.25) is 0 Å². The summed E-state index contributed by atoms with van der Waals surface area (Å²) < 4.78 is 0. The molecule has 4 rings (SSSR count). The van der Waals surface area contributed by atoms with Crippen molar-refractivity contribution in [1.29, 1.82) is 0 Å². The number of nitrogens with one attached hydrogen (secondary N) is 4. The van der Waals surface area contributed by atoms with Crippen molar-refractivity contribution >= 4 is 65.1 Å². The van der Waals surface area contributed by atoms with Crippen LogP contribution >= 0.6 is 0 Å². The normalized spacial score (nSPS) is 21.7. The highest BCUT2D eigenvalue weighted by atomic mass is 16.4. The molecule has 4 aliphatic heterocycles. The Labute approximate surface area is 409 Å². The van der Waals surface area contributed by atoms with Gasteiger partial charge in [-0.25, -0.2) is 4.79 Å². The number of nitrogens with two attached hydrogens (primary N) is 5. The summed E-state index contributed by atoms with van der Waals surface area (Å²) in [5.41, 5.74) is 27.6. The molecule has 15 N–H and O–H groups in total. The van der Waals surface area contributed by atoms with Crippen molar-refractivity contribution in [3.63, 3.8) is 0 Å². The van der Waals surface area contributed by atoms with E-state index in [9.17, 15) is 48.3 Å². The average Bonchev–Trinajstić information content (AvgIpc) is 4.16. The number of amides is 8. The van der Waals surface area contributed by atoms with E-state index in [-0.39, 0.29) is 107 Å². The van der Waals surface area contributed by atoms with Gasteiger partial charge in [0.15, 0.2) is 11.9 Å². The first-order valence-electron chi connectivity index (χ1n) is 24.6. The molecule has 0 aromatic heterocycles. The van der Waals surface area contributed by atoms with Crippen LogP contribution < -0.4 is 49.9 Å². The maximum Gasteiger partial charge on any atom is 0.326 e. The number of carboxylic acids is 1. The Bertz CT molecular complexity index is 1960. The number of likely N-dealkylation sites (tertiary alicyclic amines) is 4. The van der Waals surface area contributed by atoms with Crippen molar-refractivity contribution in [2.45, 2.75) is 160 Å². The van der Waals surface area contributed by atoms with E-state index in [4.69, 9.17) is 28.7 Å². The van der Waals surface area contributed by atoms with Crippen LogP contribution in [0.25, 0.3) is 0 Å². The minimum Gasteiger partial charge on any atom is -0.480 e. The van der Waals surface area contributed by atoms with Crippen LogP contribution in [0.4, 0.5) is 0 Å². The van der Waals surface area contributed by atoms with E-state index in [1.807, 2.05) is 13.8 Å². The van der Waals surface area contributed by atoms with Gasteiger partial charge in [-0.1, -0.05) is 27.7 Å². The minimum atomic E-state index is -1.25. The van der Waals surface area contributed by atoms with Crippen LogP contribution in [0.3, 0.4) is 0 Å². The van der Waals surface area contributed by atoms with Gasteiger partial charge < -0.3 is 74.6 Å². The second-order valence-corrected chi connectivity index (χ2v) is 19.3. The molecule has 0 saturated carbocycles. The third-order valence-electron chi connectivity index (χ3n) is 13.2. The van der Waals surface area contributed by atoms with Crippen LogP contribution in [-0.2, 0) is 43.2 Å². The highest BCUT2D eigenvalue weighted by molar-refractivity contribution is 5.98. The molecule has 0 radical (unpaired) electrons. The Kier molecular flexibility index (Phi) is 21.4. The Balaban J connectivity index is 1.51. The lowest BCUT2D eigenvalue weighted by atomic mass is 10.0. The zero-order chi connectivity index (χ0) is 51.8. The fraction of sp³-hybridized carbons (Fsp3) is 0.756. The van der Waals surface area contributed by atoms with Crippen molar-refractivity contribution < 1.29 is 48.3 Å². The lowest BCUT2D eigenvalue weighted by Crippen LogP contribution is -2.60. The fourth-order valence-corrected chi connectivity index (χ4v) is 9.74. The van der Waals surface area contributed by atoms with Gasteiger partial charge in [-0.05, 0) is 95.3 Å². The Morgan fingerprint density at radius 3 is 1.44 bits per heavy atom. The number of hydrogen-bond acceptors (Lipinski definition) is 12. The molecule has 4 fully saturated rings. The van der Waals surface area contributed by atoms with Gasteiger partial charge >= 0.3 is 5.97 Å². The Hall–Kier alpha value is -6.27.